The number of ether oxygens (including phenoxy) is 2. The van der Waals surface area contributed by atoms with Crippen LogP contribution in [0.2, 0.25) is 0 Å². The highest BCUT2D eigenvalue weighted by Crippen LogP contribution is 2.40. The number of carbonyl (C=O) groups excluding carboxylic acids is 2. The van der Waals surface area contributed by atoms with Crippen LogP contribution in [0, 0.1) is 5.92 Å². The largest absolute Gasteiger partial charge is 0.445 e. The fourth-order valence-electron chi connectivity index (χ4n) is 4.72. The minimum Gasteiger partial charge on any atom is -0.445 e. The van der Waals surface area contributed by atoms with E-state index in [1.54, 1.807) is 23.1 Å². The maximum Gasteiger partial charge on any atom is 0.410 e. The van der Waals surface area contributed by atoms with Crippen molar-refractivity contribution < 1.29 is 27.8 Å². The second kappa shape index (κ2) is 9.45. The topological polar surface area (TPSA) is 55.8 Å². The molecule has 0 aliphatic carbocycles. The molecule has 2 aliphatic rings. The molecule has 2 atom stereocenters. The quantitative estimate of drug-likeness (QED) is 0.623. The second-order valence-corrected chi connectivity index (χ2v) is 8.13. The van der Waals surface area contributed by atoms with Crippen LogP contribution < -0.4 is 4.74 Å². The maximum absolute atomic E-state index is 12.9. The fourth-order valence-corrected chi connectivity index (χ4v) is 4.72. The number of nitrogens with zero attached hydrogens (tertiary/aromatic N) is 1. The smallest absolute Gasteiger partial charge is 0.410 e. The number of amides is 1. The Bertz CT molecular complexity index is 907. The Balaban J connectivity index is 1.36. The van der Waals surface area contributed by atoms with Gasteiger partial charge in [-0.2, -0.15) is 8.78 Å². The van der Waals surface area contributed by atoms with E-state index in [0.29, 0.717) is 18.4 Å². The molecule has 2 fully saturated rings. The maximum atomic E-state index is 12.9. The summed E-state index contributed by atoms with van der Waals surface area (Å²) in [6.07, 6.45) is 2.56. The lowest BCUT2D eigenvalue weighted by atomic mass is 9.85. The van der Waals surface area contributed by atoms with Crippen LogP contribution in [-0.4, -0.2) is 35.5 Å². The van der Waals surface area contributed by atoms with Gasteiger partial charge in [0.1, 0.15) is 18.1 Å². The molecule has 7 heteroatoms. The van der Waals surface area contributed by atoms with E-state index in [2.05, 4.69) is 4.74 Å². The van der Waals surface area contributed by atoms with Crippen LogP contribution in [-0.2, 0) is 22.6 Å². The average molecular weight is 429 g/mol. The van der Waals surface area contributed by atoms with Gasteiger partial charge in [-0.3, -0.25) is 4.79 Å². The Kier molecular flexibility index (Phi) is 6.49. The van der Waals surface area contributed by atoms with Crippen molar-refractivity contribution in [1.29, 1.82) is 0 Å². The summed E-state index contributed by atoms with van der Waals surface area (Å²) < 4.78 is 35.3. The molecule has 0 radical (unpaired) electrons. The molecule has 0 N–H and O–H groups in total. The highest BCUT2D eigenvalue weighted by molar-refractivity contribution is 5.84. The standard InChI is InChI=1S/C24H25F2NO4/c25-23(26)31-22-9-5-4-8-17(22)14-21(28)18-12-19-10-11-20(13-18)27(19)24(29)30-15-16-6-2-1-3-7-16/h1-9,18-20,23H,10-15H2. The molecule has 2 aromatic rings. The summed E-state index contributed by atoms with van der Waals surface area (Å²) in [6.45, 7) is -2.71. The van der Waals surface area contributed by atoms with E-state index in [1.165, 1.54) is 6.07 Å². The summed E-state index contributed by atoms with van der Waals surface area (Å²) >= 11 is 0. The molecule has 2 saturated heterocycles. The number of hydrogen-bond acceptors (Lipinski definition) is 4. The number of Topliss-reactive ketones (excluding diaryl/α,β-unsaturated/α-hetero) is 1. The Labute approximate surface area is 179 Å². The van der Waals surface area contributed by atoms with Gasteiger partial charge in [0, 0.05) is 30.0 Å². The van der Waals surface area contributed by atoms with Crippen LogP contribution in [0.3, 0.4) is 0 Å². The average Bonchev–Trinajstić information content (AvgIpc) is 3.03. The predicted octanol–water partition coefficient (Wildman–Crippen LogP) is 4.98. The number of benzene rings is 2. The normalized spacial score (nSPS) is 22.4. The van der Waals surface area contributed by atoms with Crippen molar-refractivity contribution in [2.24, 2.45) is 5.92 Å². The molecule has 2 aromatic carbocycles. The molecule has 0 spiro atoms. The van der Waals surface area contributed by atoms with Gasteiger partial charge < -0.3 is 14.4 Å². The van der Waals surface area contributed by atoms with Crippen LogP contribution in [0.5, 0.6) is 5.75 Å². The van der Waals surface area contributed by atoms with E-state index in [0.717, 1.165) is 18.4 Å². The van der Waals surface area contributed by atoms with Crippen LogP contribution in [0.1, 0.15) is 36.8 Å². The van der Waals surface area contributed by atoms with Crippen molar-refractivity contribution >= 4 is 11.9 Å². The Morgan fingerprint density at radius 3 is 2.29 bits per heavy atom. The number of ketones is 1. The van der Waals surface area contributed by atoms with E-state index >= 15 is 0 Å². The third kappa shape index (κ3) is 5.03. The van der Waals surface area contributed by atoms with Gasteiger partial charge in [-0.1, -0.05) is 48.5 Å². The van der Waals surface area contributed by atoms with Gasteiger partial charge >= 0.3 is 12.7 Å². The number of para-hydroxylation sites is 1. The fraction of sp³-hybridized carbons (Fsp3) is 0.417. The number of fused-ring (bicyclic) bond motifs is 2. The minimum atomic E-state index is -2.93. The summed E-state index contributed by atoms with van der Waals surface area (Å²) in [7, 11) is 0. The summed E-state index contributed by atoms with van der Waals surface area (Å²) in [4.78, 5) is 27.4. The summed E-state index contributed by atoms with van der Waals surface area (Å²) in [5, 5.41) is 0. The zero-order valence-corrected chi connectivity index (χ0v) is 17.1. The molecular weight excluding hydrogens is 404 g/mol. The van der Waals surface area contributed by atoms with Gasteiger partial charge in [-0.05, 0) is 37.3 Å². The minimum absolute atomic E-state index is 0.000445. The molecule has 2 bridgehead atoms. The molecule has 0 saturated carbocycles. The lowest BCUT2D eigenvalue weighted by Crippen LogP contribution is -2.48. The monoisotopic (exact) mass is 429 g/mol. The van der Waals surface area contributed by atoms with Crippen molar-refractivity contribution in [2.45, 2.75) is 57.4 Å². The van der Waals surface area contributed by atoms with Gasteiger partial charge in [0.25, 0.3) is 0 Å². The van der Waals surface area contributed by atoms with Crippen molar-refractivity contribution in [3.8, 4) is 5.75 Å². The van der Waals surface area contributed by atoms with E-state index in [1.807, 2.05) is 30.3 Å². The summed E-state index contributed by atoms with van der Waals surface area (Å²) in [6, 6.07) is 15.9. The molecule has 2 unspecified atom stereocenters. The van der Waals surface area contributed by atoms with Crippen LogP contribution >= 0.6 is 0 Å². The number of rotatable bonds is 7. The Hall–Kier alpha value is -2.96. The molecule has 1 amide bonds. The van der Waals surface area contributed by atoms with E-state index in [4.69, 9.17) is 4.74 Å². The number of alkyl halides is 2. The molecule has 4 rings (SSSR count). The highest BCUT2D eigenvalue weighted by Gasteiger charge is 2.45. The molecule has 31 heavy (non-hydrogen) atoms. The molecule has 2 heterocycles. The van der Waals surface area contributed by atoms with E-state index < -0.39 is 6.61 Å². The van der Waals surface area contributed by atoms with Gasteiger partial charge in [0.15, 0.2) is 0 Å². The van der Waals surface area contributed by atoms with E-state index in [-0.39, 0.29) is 48.7 Å². The van der Waals surface area contributed by atoms with E-state index in [9.17, 15) is 18.4 Å². The predicted molar refractivity (Wildman–Crippen MR) is 110 cm³/mol. The first kappa shape index (κ1) is 21.3. The van der Waals surface area contributed by atoms with Crippen molar-refractivity contribution in [2.75, 3.05) is 0 Å². The molecular formula is C24H25F2NO4. The SMILES string of the molecule is O=C(Cc1ccccc1OC(F)F)C1CC2CCC(C1)N2C(=O)OCc1ccccc1. The molecule has 5 nitrogen and oxygen atoms in total. The van der Waals surface area contributed by atoms with Gasteiger partial charge in [-0.25, -0.2) is 4.79 Å². The Morgan fingerprint density at radius 1 is 0.968 bits per heavy atom. The second-order valence-electron chi connectivity index (χ2n) is 8.13. The van der Waals surface area contributed by atoms with Crippen LogP contribution in [0.25, 0.3) is 0 Å². The molecule has 164 valence electrons. The zero-order valence-electron chi connectivity index (χ0n) is 17.1. The summed E-state index contributed by atoms with van der Waals surface area (Å²) in [5.74, 6) is -0.162. The third-order valence-electron chi connectivity index (χ3n) is 6.16. The third-order valence-corrected chi connectivity index (χ3v) is 6.16. The molecule has 0 aromatic heterocycles. The van der Waals surface area contributed by atoms with Gasteiger partial charge in [0.05, 0.1) is 0 Å². The van der Waals surface area contributed by atoms with Crippen molar-refractivity contribution in [1.82, 2.24) is 4.90 Å². The van der Waals surface area contributed by atoms with Crippen molar-refractivity contribution in [3.63, 3.8) is 0 Å². The first-order chi connectivity index (χ1) is 15.0. The number of hydrogen-bond donors (Lipinski definition) is 0. The van der Waals surface area contributed by atoms with Crippen molar-refractivity contribution in [3.05, 3.63) is 65.7 Å². The Morgan fingerprint density at radius 2 is 1.61 bits per heavy atom. The molecule has 2 aliphatic heterocycles. The lowest BCUT2D eigenvalue weighted by Gasteiger charge is -2.37. The van der Waals surface area contributed by atoms with Crippen LogP contribution in [0.15, 0.2) is 54.6 Å². The highest BCUT2D eigenvalue weighted by atomic mass is 19.3. The zero-order chi connectivity index (χ0) is 21.8. The first-order valence-corrected chi connectivity index (χ1v) is 10.6. The van der Waals surface area contributed by atoms with Crippen LogP contribution in [0.4, 0.5) is 13.6 Å². The summed E-state index contributed by atoms with van der Waals surface area (Å²) in [5.41, 5.74) is 1.39. The van der Waals surface area contributed by atoms with Gasteiger partial charge in [-0.15, -0.1) is 0 Å². The first-order valence-electron chi connectivity index (χ1n) is 10.6. The number of halogens is 2. The number of carbonyl (C=O) groups is 2. The van der Waals surface area contributed by atoms with Gasteiger partial charge in [0.2, 0.25) is 0 Å². The number of piperidine rings is 1. The lowest BCUT2D eigenvalue weighted by molar-refractivity contribution is -0.124.